The second-order valence-electron chi connectivity index (χ2n) is 8.22. The van der Waals surface area contributed by atoms with Crippen molar-refractivity contribution in [3.63, 3.8) is 0 Å². The Morgan fingerprint density at radius 1 is 1.16 bits per heavy atom. The largest absolute Gasteiger partial charge is 0.491 e. The monoisotopic (exact) mass is 464 g/mol. The van der Waals surface area contributed by atoms with Gasteiger partial charge in [0, 0.05) is 19.6 Å². The molecule has 1 fully saturated rings. The summed E-state index contributed by atoms with van der Waals surface area (Å²) in [7, 11) is -3.66. The molecule has 1 N–H and O–H groups in total. The number of ether oxygens (including phenoxy) is 1. The predicted octanol–water partition coefficient (Wildman–Crippen LogP) is 4.48. The number of hydrogen-bond donors (Lipinski definition) is 1. The Kier molecular flexibility index (Phi) is 7.62. The second kappa shape index (κ2) is 10.0. The van der Waals surface area contributed by atoms with Crippen LogP contribution in [0.5, 0.6) is 5.75 Å². The van der Waals surface area contributed by atoms with Crippen molar-refractivity contribution in [3.05, 3.63) is 58.6 Å². The van der Waals surface area contributed by atoms with Gasteiger partial charge >= 0.3 is 0 Å². The number of amides is 1. The molecule has 0 spiro atoms. The molecule has 31 heavy (non-hydrogen) atoms. The average molecular weight is 465 g/mol. The first-order valence-electron chi connectivity index (χ1n) is 10.5. The summed E-state index contributed by atoms with van der Waals surface area (Å²) >= 11 is 6.21. The van der Waals surface area contributed by atoms with E-state index in [0.29, 0.717) is 19.0 Å². The molecule has 1 saturated heterocycles. The van der Waals surface area contributed by atoms with E-state index in [0.717, 1.165) is 24.2 Å². The Hall–Kier alpha value is -2.09. The second-order valence-corrected chi connectivity index (χ2v) is 10.6. The van der Waals surface area contributed by atoms with Crippen molar-refractivity contribution in [2.75, 3.05) is 13.1 Å². The summed E-state index contributed by atoms with van der Waals surface area (Å²) in [6.45, 7) is 7.31. The van der Waals surface area contributed by atoms with Crippen molar-refractivity contribution in [1.82, 2.24) is 9.62 Å². The molecular weight excluding hydrogens is 436 g/mol. The topological polar surface area (TPSA) is 75.7 Å². The minimum absolute atomic E-state index is 0.0876. The molecule has 8 heteroatoms. The van der Waals surface area contributed by atoms with Gasteiger partial charge in [-0.15, -0.1) is 0 Å². The van der Waals surface area contributed by atoms with E-state index in [1.807, 2.05) is 38.1 Å². The van der Waals surface area contributed by atoms with Crippen LogP contribution in [0.3, 0.4) is 0 Å². The normalized spacial score (nSPS) is 15.8. The number of piperidine rings is 1. The van der Waals surface area contributed by atoms with Gasteiger partial charge in [-0.1, -0.05) is 30.7 Å². The molecular formula is C23H29ClN2O4S. The Morgan fingerprint density at radius 2 is 1.81 bits per heavy atom. The third-order valence-corrected chi connectivity index (χ3v) is 7.54. The molecule has 0 radical (unpaired) electrons. The van der Waals surface area contributed by atoms with Crippen molar-refractivity contribution in [1.29, 1.82) is 0 Å². The zero-order valence-electron chi connectivity index (χ0n) is 18.1. The minimum Gasteiger partial charge on any atom is -0.491 e. The number of hydrogen-bond acceptors (Lipinski definition) is 4. The number of benzene rings is 2. The lowest BCUT2D eigenvalue weighted by Crippen LogP contribution is -2.38. The Bertz CT molecular complexity index is 1010. The summed E-state index contributed by atoms with van der Waals surface area (Å²) in [4.78, 5) is 12.8. The van der Waals surface area contributed by atoms with Gasteiger partial charge in [-0.25, -0.2) is 8.42 Å². The zero-order chi connectivity index (χ0) is 22.6. The molecule has 0 unspecified atom stereocenters. The summed E-state index contributed by atoms with van der Waals surface area (Å²) < 4.78 is 33.1. The van der Waals surface area contributed by atoms with E-state index in [2.05, 4.69) is 12.2 Å². The van der Waals surface area contributed by atoms with Gasteiger partial charge in [-0.3, -0.25) is 4.79 Å². The van der Waals surface area contributed by atoms with E-state index in [4.69, 9.17) is 16.3 Å². The first-order chi connectivity index (χ1) is 14.7. The first kappa shape index (κ1) is 23.6. The van der Waals surface area contributed by atoms with E-state index in [1.54, 1.807) is 0 Å². The fourth-order valence-corrected chi connectivity index (χ4v) is 5.15. The number of carbonyl (C=O) groups excluding carboxylic acids is 1. The van der Waals surface area contributed by atoms with Crippen LogP contribution in [0, 0.1) is 5.92 Å². The Balaban J connectivity index is 1.70. The first-order valence-corrected chi connectivity index (χ1v) is 12.3. The molecule has 0 aliphatic carbocycles. The van der Waals surface area contributed by atoms with Gasteiger partial charge in [0.2, 0.25) is 10.0 Å². The molecule has 2 aromatic carbocycles. The molecule has 0 atom stereocenters. The summed E-state index contributed by atoms with van der Waals surface area (Å²) in [5.74, 6) is 0.860. The van der Waals surface area contributed by atoms with Crippen molar-refractivity contribution < 1.29 is 17.9 Å². The van der Waals surface area contributed by atoms with Gasteiger partial charge in [0.25, 0.3) is 5.91 Å². The molecule has 2 aromatic rings. The van der Waals surface area contributed by atoms with Crippen LogP contribution in [-0.2, 0) is 16.6 Å². The average Bonchev–Trinajstić information content (AvgIpc) is 2.73. The van der Waals surface area contributed by atoms with Crippen LogP contribution in [0.15, 0.2) is 47.4 Å². The lowest BCUT2D eigenvalue weighted by Gasteiger charge is -2.29. The third-order valence-electron chi connectivity index (χ3n) is 5.31. The highest BCUT2D eigenvalue weighted by molar-refractivity contribution is 7.89. The fourth-order valence-electron chi connectivity index (χ4n) is 3.45. The van der Waals surface area contributed by atoms with Crippen LogP contribution in [0.25, 0.3) is 0 Å². The van der Waals surface area contributed by atoms with E-state index in [1.165, 1.54) is 22.5 Å². The van der Waals surface area contributed by atoms with Gasteiger partial charge in [0.15, 0.2) is 0 Å². The van der Waals surface area contributed by atoms with Crippen LogP contribution in [-0.4, -0.2) is 37.8 Å². The molecule has 1 heterocycles. The molecule has 1 amide bonds. The lowest BCUT2D eigenvalue weighted by molar-refractivity contribution is 0.0951. The van der Waals surface area contributed by atoms with Crippen LogP contribution in [0.4, 0.5) is 0 Å². The highest BCUT2D eigenvalue weighted by atomic mass is 35.5. The zero-order valence-corrected chi connectivity index (χ0v) is 19.7. The summed E-state index contributed by atoms with van der Waals surface area (Å²) in [6, 6.07) is 11.7. The van der Waals surface area contributed by atoms with Gasteiger partial charge in [0.1, 0.15) is 5.75 Å². The van der Waals surface area contributed by atoms with Gasteiger partial charge < -0.3 is 10.1 Å². The van der Waals surface area contributed by atoms with Gasteiger partial charge in [-0.05, 0) is 68.5 Å². The van der Waals surface area contributed by atoms with E-state index in [9.17, 15) is 13.2 Å². The molecule has 6 nitrogen and oxygen atoms in total. The number of sulfonamides is 1. The summed E-state index contributed by atoms with van der Waals surface area (Å²) in [6.07, 6.45) is 1.76. The van der Waals surface area contributed by atoms with E-state index < -0.39 is 15.9 Å². The Labute approximate surface area is 189 Å². The number of nitrogens with zero attached hydrogens (tertiary/aromatic N) is 1. The standard InChI is InChI=1S/C23H29ClN2O4S/c1-16(2)30-19-6-4-18(5-7-19)15-25-23(27)21-14-20(8-9-22(21)24)31(28,29)26-12-10-17(3)11-13-26/h4-9,14,16-17H,10-13,15H2,1-3H3,(H,25,27). The Morgan fingerprint density at radius 3 is 2.42 bits per heavy atom. The molecule has 0 aromatic heterocycles. The number of nitrogens with one attached hydrogen (secondary N) is 1. The summed E-state index contributed by atoms with van der Waals surface area (Å²) in [5, 5.41) is 3.02. The maximum Gasteiger partial charge on any atom is 0.253 e. The highest BCUT2D eigenvalue weighted by Crippen LogP contribution is 2.26. The van der Waals surface area contributed by atoms with Crippen LogP contribution >= 0.6 is 11.6 Å². The van der Waals surface area contributed by atoms with Crippen molar-refractivity contribution in [2.24, 2.45) is 5.92 Å². The van der Waals surface area contributed by atoms with E-state index in [-0.39, 0.29) is 28.1 Å². The molecule has 1 aliphatic heterocycles. The number of carbonyl (C=O) groups is 1. The molecule has 3 rings (SSSR count). The van der Waals surface area contributed by atoms with Crippen LogP contribution in [0.1, 0.15) is 49.5 Å². The molecule has 0 saturated carbocycles. The van der Waals surface area contributed by atoms with E-state index >= 15 is 0 Å². The van der Waals surface area contributed by atoms with Gasteiger partial charge in [-0.2, -0.15) is 4.31 Å². The maximum atomic E-state index is 13.0. The lowest BCUT2D eigenvalue weighted by atomic mass is 10.0. The predicted molar refractivity (Wildman–Crippen MR) is 122 cm³/mol. The van der Waals surface area contributed by atoms with Crippen LogP contribution in [0.2, 0.25) is 5.02 Å². The van der Waals surface area contributed by atoms with Gasteiger partial charge in [0.05, 0.1) is 21.6 Å². The van der Waals surface area contributed by atoms with Crippen LogP contribution < -0.4 is 10.1 Å². The SMILES string of the molecule is CC1CCN(S(=O)(=O)c2ccc(Cl)c(C(=O)NCc3ccc(OC(C)C)cc3)c2)CC1. The highest BCUT2D eigenvalue weighted by Gasteiger charge is 2.29. The summed E-state index contributed by atoms with van der Waals surface area (Å²) in [5.41, 5.74) is 1.04. The molecule has 1 aliphatic rings. The smallest absolute Gasteiger partial charge is 0.253 e. The molecule has 168 valence electrons. The van der Waals surface area contributed by atoms with Crippen molar-refractivity contribution >= 4 is 27.5 Å². The maximum absolute atomic E-state index is 13.0. The minimum atomic E-state index is -3.66. The van der Waals surface area contributed by atoms with Crippen molar-refractivity contribution in [2.45, 2.75) is 51.2 Å². The van der Waals surface area contributed by atoms with Crippen molar-refractivity contribution in [3.8, 4) is 5.75 Å². The quantitative estimate of drug-likeness (QED) is 0.655. The third kappa shape index (κ3) is 5.99. The number of halogens is 1. The number of rotatable bonds is 7. The fraction of sp³-hybridized carbons (Fsp3) is 0.435. The molecule has 0 bridgehead atoms.